The van der Waals surface area contributed by atoms with Gasteiger partial charge in [0.25, 0.3) is 0 Å². The third-order valence-corrected chi connectivity index (χ3v) is 5.06. The number of hydrogen-bond donors (Lipinski definition) is 0. The predicted octanol–water partition coefficient (Wildman–Crippen LogP) is 5.05. The van der Waals surface area contributed by atoms with Crippen molar-refractivity contribution < 1.29 is 0 Å². The van der Waals surface area contributed by atoms with E-state index in [1.54, 1.807) is 0 Å². The number of benzene rings is 2. The van der Waals surface area contributed by atoms with Crippen molar-refractivity contribution in [3.8, 4) is 0 Å². The van der Waals surface area contributed by atoms with Crippen LogP contribution in [-0.2, 0) is 12.8 Å². The highest BCUT2D eigenvalue weighted by atomic mass is 35.5. The van der Waals surface area contributed by atoms with Gasteiger partial charge >= 0.3 is 0 Å². The fourth-order valence-corrected chi connectivity index (χ4v) is 3.79. The summed E-state index contributed by atoms with van der Waals surface area (Å²) in [5.74, 6) is 0. The van der Waals surface area contributed by atoms with Gasteiger partial charge in [0.05, 0.1) is 12.4 Å². The van der Waals surface area contributed by atoms with E-state index in [1.807, 2.05) is 36.9 Å². The van der Waals surface area contributed by atoms with Crippen LogP contribution in [0.4, 0.5) is 0 Å². The second kappa shape index (κ2) is 6.21. The van der Waals surface area contributed by atoms with Gasteiger partial charge in [-0.25, -0.2) is 4.98 Å². The molecule has 1 atom stereocenters. The molecule has 0 spiro atoms. The van der Waals surface area contributed by atoms with Crippen LogP contribution in [0.3, 0.4) is 0 Å². The standard InChI is InChI=1S/C20H19ClN2/c21-19-8-4-3-7-18(19)20(23-12-11-22-14-23)17-10-9-15-5-1-2-6-16(15)13-17/h3-4,7-14,20H,1-2,5-6H2. The van der Waals surface area contributed by atoms with E-state index in [-0.39, 0.29) is 6.04 Å². The molecule has 1 aliphatic carbocycles. The first-order valence-corrected chi connectivity index (χ1v) is 8.54. The van der Waals surface area contributed by atoms with E-state index in [1.165, 1.54) is 42.4 Å². The summed E-state index contributed by atoms with van der Waals surface area (Å²) in [5, 5.41) is 0.795. The van der Waals surface area contributed by atoms with Crippen molar-refractivity contribution in [3.63, 3.8) is 0 Å². The van der Waals surface area contributed by atoms with Crippen LogP contribution in [0.1, 0.15) is 41.1 Å². The normalized spacial score (nSPS) is 15.2. The molecular weight excluding hydrogens is 304 g/mol. The Kier molecular flexibility index (Phi) is 3.92. The Bertz CT molecular complexity index is 808. The topological polar surface area (TPSA) is 17.8 Å². The molecule has 0 aliphatic heterocycles. The van der Waals surface area contributed by atoms with E-state index >= 15 is 0 Å². The zero-order valence-electron chi connectivity index (χ0n) is 13.0. The SMILES string of the molecule is Clc1ccccc1C(c1ccc2c(c1)CCCC2)n1ccnc1. The van der Waals surface area contributed by atoms with E-state index in [0.29, 0.717) is 0 Å². The van der Waals surface area contributed by atoms with Crippen LogP contribution in [0.2, 0.25) is 5.02 Å². The fourth-order valence-electron chi connectivity index (χ4n) is 3.55. The van der Waals surface area contributed by atoms with Gasteiger partial charge in [0, 0.05) is 17.4 Å². The highest BCUT2D eigenvalue weighted by Crippen LogP contribution is 2.33. The van der Waals surface area contributed by atoms with Gasteiger partial charge in [-0.05, 0) is 54.0 Å². The van der Waals surface area contributed by atoms with Crippen molar-refractivity contribution in [1.82, 2.24) is 9.55 Å². The molecule has 0 amide bonds. The number of hydrogen-bond acceptors (Lipinski definition) is 1. The Labute approximate surface area is 141 Å². The molecular formula is C20H19ClN2. The van der Waals surface area contributed by atoms with Gasteiger partial charge in [-0.1, -0.05) is 48.0 Å². The Morgan fingerprint density at radius 2 is 1.83 bits per heavy atom. The van der Waals surface area contributed by atoms with Gasteiger partial charge in [0.2, 0.25) is 0 Å². The molecule has 1 heterocycles. The largest absolute Gasteiger partial charge is 0.326 e. The highest BCUT2D eigenvalue weighted by Gasteiger charge is 2.20. The molecule has 1 aliphatic rings. The number of fused-ring (bicyclic) bond motifs is 1. The van der Waals surface area contributed by atoms with Crippen LogP contribution in [0.15, 0.2) is 61.2 Å². The van der Waals surface area contributed by atoms with E-state index in [2.05, 4.69) is 33.8 Å². The zero-order chi connectivity index (χ0) is 15.6. The van der Waals surface area contributed by atoms with Crippen LogP contribution >= 0.6 is 11.6 Å². The predicted molar refractivity (Wildman–Crippen MR) is 94.0 cm³/mol. The Morgan fingerprint density at radius 3 is 2.61 bits per heavy atom. The van der Waals surface area contributed by atoms with Crippen molar-refractivity contribution in [2.24, 2.45) is 0 Å². The minimum atomic E-state index is 0.0680. The lowest BCUT2D eigenvalue weighted by molar-refractivity contribution is 0.660. The quantitative estimate of drug-likeness (QED) is 0.659. The lowest BCUT2D eigenvalue weighted by atomic mass is 9.88. The number of halogens is 1. The molecule has 0 radical (unpaired) electrons. The number of imidazole rings is 1. The molecule has 0 N–H and O–H groups in total. The molecule has 0 fully saturated rings. The first-order chi connectivity index (χ1) is 11.3. The monoisotopic (exact) mass is 322 g/mol. The van der Waals surface area contributed by atoms with Gasteiger partial charge in [-0.3, -0.25) is 0 Å². The summed E-state index contributed by atoms with van der Waals surface area (Å²) in [6, 6.07) is 15.1. The number of aromatic nitrogens is 2. The van der Waals surface area contributed by atoms with Gasteiger partial charge in [0.15, 0.2) is 0 Å². The average Bonchev–Trinajstić information content (AvgIpc) is 3.11. The van der Waals surface area contributed by atoms with Crippen molar-refractivity contribution in [2.75, 3.05) is 0 Å². The van der Waals surface area contributed by atoms with Crippen molar-refractivity contribution in [2.45, 2.75) is 31.7 Å². The Balaban J connectivity index is 1.85. The number of aryl methyl sites for hydroxylation is 2. The molecule has 116 valence electrons. The van der Waals surface area contributed by atoms with Crippen molar-refractivity contribution in [3.05, 3.63) is 88.5 Å². The summed E-state index contributed by atoms with van der Waals surface area (Å²) in [6.07, 6.45) is 10.7. The second-order valence-electron chi connectivity index (χ2n) is 6.17. The molecule has 3 aromatic rings. The molecule has 3 heteroatoms. The summed E-state index contributed by atoms with van der Waals surface area (Å²) in [5.41, 5.74) is 5.38. The third-order valence-electron chi connectivity index (χ3n) is 4.71. The highest BCUT2D eigenvalue weighted by molar-refractivity contribution is 6.31. The minimum Gasteiger partial charge on any atom is -0.326 e. The van der Waals surface area contributed by atoms with Gasteiger partial charge in [-0.2, -0.15) is 0 Å². The summed E-state index contributed by atoms with van der Waals surface area (Å²) in [6.45, 7) is 0. The average molecular weight is 323 g/mol. The first-order valence-electron chi connectivity index (χ1n) is 8.16. The van der Waals surface area contributed by atoms with Gasteiger partial charge in [0.1, 0.15) is 0 Å². The summed E-state index contributed by atoms with van der Waals surface area (Å²) in [4.78, 5) is 4.23. The molecule has 1 unspecified atom stereocenters. The van der Waals surface area contributed by atoms with Crippen LogP contribution in [-0.4, -0.2) is 9.55 Å². The molecule has 0 saturated carbocycles. The van der Waals surface area contributed by atoms with Crippen LogP contribution < -0.4 is 0 Å². The molecule has 0 saturated heterocycles. The molecule has 4 rings (SSSR count). The summed E-state index contributed by atoms with van der Waals surface area (Å²) in [7, 11) is 0. The van der Waals surface area contributed by atoms with E-state index in [4.69, 9.17) is 11.6 Å². The Hall–Kier alpha value is -2.06. The van der Waals surface area contributed by atoms with Crippen molar-refractivity contribution >= 4 is 11.6 Å². The number of rotatable bonds is 3. The van der Waals surface area contributed by atoms with E-state index < -0.39 is 0 Å². The van der Waals surface area contributed by atoms with Crippen molar-refractivity contribution in [1.29, 1.82) is 0 Å². The van der Waals surface area contributed by atoms with Gasteiger partial charge < -0.3 is 4.57 Å². The maximum atomic E-state index is 6.50. The molecule has 0 bridgehead atoms. The van der Waals surface area contributed by atoms with Crippen LogP contribution in [0.5, 0.6) is 0 Å². The molecule has 23 heavy (non-hydrogen) atoms. The van der Waals surface area contributed by atoms with E-state index in [0.717, 1.165) is 10.6 Å². The van der Waals surface area contributed by atoms with Crippen LogP contribution in [0, 0.1) is 0 Å². The molecule has 2 nitrogen and oxygen atoms in total. The zero-order valence-corrected chi connectivity index (χ0v) is 13.7. The van der Waals surface area contributed by atoms with E-state index in [9.17, 15) is 0 Å². The van der Waals surface area contributed by atoms with Gasteiger partial charge in [-0.15, -0.1) is 0 Å². The smallest absolute Gasteiger partial charge is 0.0954 e. The lowest BCUT2D eigenvalue weighted by Gasteiger charge is -2.23. The maximum Gasteiger partial charge on any atom is 0.0954 e. The molecule has 2 aromatic carbocycles. The first kappa shape index (κ1) is 14.5. The number of nitrogens with zero attached hydrogens (tertiary/aromatic N) is 2. The minimum absolute atomic E-state index is 0.0680. The summed E-state index contributed by atoms with van der Waals surface area (Å²) >= 11 is 6.50. The summed E-state index contributed by atoms with van der Waals surface area (Å²) < 4.78 is 2.13. The lowest BCUT2D eigenvalue weighted by Crippen LogP contribution is -2.13. The Morgan fingerprint density at radius 1 is 1.00 bits per heavy atom. The third kappa shape index (κ3) is 2.79. The second-order valence-corrected chi connectivity index (χ2v) is 6.58. The van der Waals surface area contributed by atoms with Crippen LogP contribution in [0.25, 0.3) is 0 Å². The fraction of sp³-hybridized carbons (Fsp3) is 0.250. The molecule has 1 aromatic heterocycles. The maximum absolute atomic E-state index is 6.50.